The van der Waals surface area contributed by atoms with Crippen molar-refractivity contribution in [3.8, 4) is 0 Å². The van der Waals surface area contributed by atoms with Gasteiger partial charge in [0.2, 0.25) is 0 Å². The van der Waals surface area contributed by atoms with Crippen LogP contribution in [0.2, 0.25) is 0 Å². The molecule has 132 valence electrons. The van der Waals surface area contributed by atoms with Crippen LogP contribution >= 0.6 is 0 Å². The van der Waals surface area contributed by atoms with E-state index in [0.717, 1.165) is 5.69 Å². The number of carbonyl (C=O) groups is 2. The van der Waals surface area contributed by atoms with Crippen molar-refractivity contribution in [3.63, 3.8) is 0 Å². The quantitative estimate of drug-likeness (QED) is 0.783. The van der Waals surface area contributed by atoms with Gasteiger partial charge in [-0.25, -0.2) is 0 Å². The van der Waals surface area contributed by atoms with E-state index in [2.05, 4.69) is 5.10 Å². The molecule has 0 bridgehead atoms. The smallest absolute Gasteiger partial charge is 0.272 e. The van der Waals surface area contributed by atoms with Crippen molar-refractivity contribution in [2.75, 3.05) is 19.8 Å². The lowest BCUT2D eigenvalue weighted by molar-refractivity contribution is -0.00340. The van der Waals surface area contributed by atoms with Crippen LogP contribution < -0.4 is 0 Å². The summed E-state index contributed by atoms with van der Waals surface area (Å²) in [5.41, 5.74) is 2.05. The minimum atomic E-state index is -0.255. The van der Waals surface area contributed by atoms with E-state index in [1.807, 2.05) is 32.0 Å². The van der Waals surface area contributed by atoms with Gasteiger partial charge in [-0.2, -0.15) is 5.10 Å². The summed E-state index contributed by atoms with van der Waals surface area (Å²) >= 11 is 0. The molecular formula is C19H23N3O3. The van der Waals surface area contributed by atoms with Gasteiger partial charge >= 0.3 is 0 Å². The molecule has 6 heteroatoms. The van der Waals surface area contributed by atoms with E-state index in [-0.39, 0.29) is 24.2 Å². The van der Waals surface area contributed by atoms with Crippen molar-refractivity contribution in [2.45, 2.75) is 32.9 Å². The molecule has 1 aliphatic rings. The Morgan fingerprint density at radius 3 is 2.76 bits per heavy atom. The van der Waals surface area contributed by atoms with Gasteiger partial charge in [-0.3, -0.25) is 14.3 Å². The average Bonchev–Trinajstić information content (AvgIpc) is 3.03. The zero-order valence-corrected chi connectivity index (χ0v) is 14.6. The molecular weight excluding hydrogens is 318 g/mol. The fourth-order valence-electron chi connectivity index (χ4n) is 3.15. The number of morpholine rings is 1. The molecule has 1 unspecified atom stereocenters. The fraction of sp³-hybridized carbons (Fsp3) is 0.421. The van der Waals surface area contributed by atoms with Gasteiger partial charge in [-0.1, -0.05) is 30.3 Å². The molecule has 2 heterocycles. The number of ketones is 1. The van der Waals surface area contributed by atoms with Gasteiger partial charge in [0.15, 0.2) is 5.78 Å². The largest absolute Gasteiger partial charge is 0.377 e. The summed E-state index contributed by atoms with van der Waals surface area (Å²) in [6.07, 6.45) is 0.259. The SMILES string of the molecule is CCn1nc(C)cc1C(=O)N1CCOCC1CC(=O)c1ccccc1. The number of nitrogens with zero attached hydrogens (tertiary/aromatic N) is 3. The van der Waals surface area contributed by atoms with Gasteiger partial charge in [0.1, 0.15) is 5.69 Å². The summed E-state index contributed by atoms with van der Waals surface area (Å²) in [6.45, 7) is 5.81. The zero-order valence-electron chi connectivity index (χ0n) is 14.6. The number of hydrogen-bond acceptors (Lipinski definition) is 4. The number of amides is 1. The molecule has 1 atom stereocenters. The van der Waals surface area contributed by atoms with Gasteiger partial charge in [0, 0.05) is 25.1 Å². The van der Waals surface area contributed by atoms with Crippen molar-refractivity contribution in [1.82, 2.24) is 14.7 Å². The first kappa shape index (κ1) is 17.4. The van der Waals surface area contributed by atoms with Crippen LogP contribution in [-0.2, 0) is 11.3 Å². The second-order valence-corrected chi connectivity index (χ2v) is 6.21. The number of aryl methyl sites for hydroxylation is 2. The molecule has 6 nitrogen and oxygen atoms in total. The molecule has 0 aliphatic carbocycles. The maximum Gasteiger partial charge on any atom is 0.272 e. The molecule has 1 aromatic carbocycles. The first-order chi connectivity index (χ1) is 12.1. The third kappa shape index (κ3) is 3.79. The minimum Gasteiger partial charge on any atom is -0.377 e. The summed E-state index contributed by atoms with van der Waals surface area (Å²) in [5.74, 6) is -0.0642. The fourth-order valence-corrected chi connectivity index (χ4v) is 3.15. The maximum absolute atomic E-state index is 13.0. The Morgan fingerprint density at radius 2 is 2.04 bits per heavy atom. The Bertz CT molecular complexity index is 755. The second kappa shape index (κ2) is 7.61. The molecule has 0 N–H and O–H groups in total. The predicted octanol–water partition coefficient (Wildman–Crippen LogP) is 2.33. The van der Waals surface area contributed by atoms with Crippen LogP contribution in [0.25, 0.3) is 0 Å². The Hall–Kier alpha value is -2.47. The maximum atomic E-state index is 13.0. The summed E-state index contributed by atoms with van der Waals surface area (Å²) < 4.78 is 7.24. The van der Waals surface area contributed by atoms with E-state index in [1.54, 1.807) is 27.8 Å². The monoisotopic (exact) mass is 341 g/mol. The number of hydrogen-bond donors (Lipinski definition) is 0. The molecule has 1 amide bonds. The third-order valence-electron chi connectivity index (χ3n) is 4.43. The van der Waals surface area contributed by atoms with Crippen LogP contribution in [0.3, 0.4) is 0 Å². The Balaban J connectivity index is 1.78. The summed E-state index contributed by atoms with van der Waals surface area (Å²) in [4.78, 5) is 27.3. The van der Waals surface area contributed by atoms with Crippen LogP contribution in [0, 0.1) is 6.92 Å². The van der Waals surface area contributed by atoms with E-state index < -0.39 is 0 Å². The molecule has 1 saturated heterocycles. The lowest BCUT2D eigenvalue weighted by Gasteiger charge is -2.35. The van der Waals surface area contributed by atoms with Gasteiger partial charge < -0.3 is 9.64 Å². The first-order valence-electron chi connectivity index (χ1n) is 8.61. The van der Waals surface area contributed by atoms with Gasteiger partial charge in [-0.05, 0) is 19.9 Å². The molecule has 0 saturated carbocycles. The van der Waals surface area contributed by atoms with E-state index >= 15 is 0 Å². The van der Waals surface area contributed by atoms with Crippen molar-refractivity contribution >= 4 is 11.7 Å². The summed E-state index contributed by atoms with van der Waals surface area (Å²) in [6, 6.07) is 10.7. The highest BCUT2D eigenvalue weighted by molar-refractivity contribution is 5.97. The van der Waals surface area contributed by atoms with Crippen molar-refractivity contribution in [2.24, 2.45) is 0 Å². The Kier molecular flexibility index (Phi) is 5.28. The van der Waals surface area contributed by atoms with E-state index in [4.69, 9.17) is 4.74 Å². The second-order valence-electron chi connectivity index (χ2n) is 6.21. The first-order valence-corrected chi connectivity index (χ1v) is 8.61. The average molecular weight is 341 g/mol. The minimum absolute atomic E-state index is 0.0223. The molecule has 25 heavy (non-hydrogen) atoms. The zero-order chi connectivity index (χ0) is 17.8. The Labute approximate surface area is 147 Å². The standard InChI is InChI=1S/C19H23N3O3/c1-3-22-17(11-14(2)20-22)19(24)21-9-10-25-13-16(21)12-18(23)15-7-5-4-6-8-15/h4-8,11,16H,3,9-10,12-13H2,1-2H3. The number of aromatic nitrogens is 2. The molecule has 1 aliphatic heterocycles. The predicted molar refractivity (Wildman–Crippen MR) is 93.7 cm³/mol. The number of Topliss-reactive ketones (excluding diaryl/α,β-unsaturated/α-hetero) is 1. The van der Waals surface area contributed by atoms with E-state index in [1.165, 1.54) is 0 Å². The third-order valence-corrected chi connectivity index (χ3v) is 4.43. The topological polar surface area (TPSA) is 64.4 Å². The number of rotatable bonds is 5. The highest BCUT2D eigenvalue weighted by Gasteiger charge is 2.31. The highest BCUT2D eigenvalue weighted by Crippen LogP contribution is 2.18. The van der Waals surface area contributed by atoms with Crippen LogP contribution in [0.5, 0.6) is 0 Å². The lowest BCUT2D eigenvalue weighted by Crippen LogP contribution is -2.50. The lowest BCUT2D eigenvalue weighted by atomic mass is 10.0. The van der Waals surface area contributed by atoms with Crippen LogP contribution in [0.15, 0.2) is 36.4 Å². The summed E-state index contributed by atoms with van der Waals surface area (Å²) in [7, 11) is 0. The van der Waals surface area contributed by atoms with Crippen molar-refractivity contribution in [3.05, 3.63) is 53.3 Å². The van der Waals surface area contributed by atoms with Crippen molar-refractivity contribution < 1.29 is 14.3 Å². The molecule has 1 aromatic heterocycles. The normalized spacial score (nSPS) is 17.5. The number of benzene rings is 1. The van der Waals surface area contributed by atoms with E-state index in [9.17, 15) is 9.59 Å². The molecule has 1 fully saturated rings. The van der Waals surface area contributed by atoms with Gasteiger partial charge in [0.05, 0.1) is 24.9 Å². The number of carbonyl (C=O) groups excluding carboxylic acids is 2. The Morgan fingerprint density at radius 1 is 1.28 bits per heavy atom. The molecule has 0 spiro atoms. The highest BCUT2D eigenvalue weighted by atomic mass is 16.5. The van der Waals surface area contributed by atoms with Crippen LogP contribution in [-0.4, -0.2) is 52.2 Å². The van der Waals surface area contributed by atoms with Crippen molar-refractivity contribution in [1.29, 1.82) is 0 Å². The molecule has 0 radical (unpaired) electrons. The number of ether oxygens (including phenoxy) is 1. The summed E-state index contributed by atoms with van der Waals surface area (Å²) in [5, 5.41) is 4.35. The molecule has 3 rings (SSSR count). The van der Waals surface area contributed by atoms with E-state index in [0.29, 0.717) is 37.6 Å². The van der Waals surface area contributed by atoms with Crippen LogP contribution in [0.1, 0.15) is 39.9 Å². The molecule has 2 aromatic rings. The van der Waals surface area contributed by atoms with Gasteiger partial charge in [-0.15, -0.1) is 0 Å². The van der Waals surface area contributed by atoms with Gasteiger partial charge in [0.25, 0.3) is 5.91 Å². The van der Waals surface area contributed by atoms with Crippen LogP contribution in [0.4, 0.5) is 0 Å².